The number of aliphatic hydroxyl groups is 2. The Hall–Kier alpha value is 0.375. The Labute approximate surface area is 137 Å². The molecule has 22 heavy (non-hydrogen) atoms. The minimum absolute atomic E-state index is 0.547. The molecule has 0 aromatic rings. The highest BCUT2D eigenvalue weighted by atomic mass is 31.2. The molecular weight excluding hydrogens is 317 g/mol. The Balaban J connectivity index is 2.80. The van der Waals surface area contributed by atoms with Crippen molar-refractivity contribution in [2.24, 2.45) is 0 Å². The van der Waals surface area contributed by atoms with E-state index >= 15 is 0 Å². The molecule has 0 saturated carbocycles. The van der Waals surface area contributed by atoms with Gasteiger partial charge < -0.3 is 19.7 Å². The van der Waals surface area contributed by atoms with Crippen LogP contribution in [0.4, 0.5) is 0 Å². The van der Waals surface area contributed by atoms with Gasteiger partial charge in [0.05, 0.1) is 12.3 Å². The van der Waals surface area contributed by atoms with Gasteiger partial charge in [0.1, 0.15) is 33.0 Å². The molecule has 5 unspecified atom stereocenters. The van der Waals surface area contributed by atoms with E-state index in [1.54, 1.807) is 0 Å². The Bertz CT molecular complexity index is 456. The number of hydrogen-bond acceptors (Lipinski definition) is 4. The molecule has 0 amide bonds. The van der Waals surface area contributed by atoms with E-state index in [0.29, 0.717) is 0 Å². The highest BCUT2D eigenvalue weighted by Gasteiger charge is 2.53. The second kappa shape index (κ2) is 7.09. The lowest BCUT2D eigenvalue weighted by molar-refractivity contribution is -0.188. The standard InChI is InChI=1S/C15H30BO4P2/c1-8-22(7,9-2)10-21(6)14(3,4)20-12-11(17)15(5,18)13(16)19-12/h11-13,17-18H,6-10H2,1-5H3/q+1. The van der Waals surface area contributed by atoms with Crippen molar-refractivity contribution in [3.63, 3.8) is 0 Å². The Morgan fingerprint density at radius 3 is 2.27 bits per heavy atom. The summed E-state index contributed by atoms with van der Waals surface area (Å²) in [6.07, 6.45) is 8.81. The molecule has 126 valence electrons. The summed E-state index contributed by atoms with van der Waals surface area (Å²) < 4.78 is 11.3. The average Bonchev–Trinajstić information content (AvgIpc) is 2.61. The van der Waals surface area contributed by atoms with Crippen LogP contribution in [0, 0.1) is 0 Å². The molecule has 1 rings (SSSR count). The maximum atomic E-state index is 10.2. The summed E-state index contributed by atoms with van der Waals surface area (Å²) in [6.45, 7) is 8.50. The highest BCUT2D eigenvalue weighted by Crippen LogP contribution is 2.56. The Morgan fingerprint density at radius 1 is 1.41 bits per heavy atom. The van der Waals surface area contributed by atoms with Crippen LogP contribution in [0.25, 0.3) is 0 Å². The molecule has 0 aromatic heterocycles. The number of rotatable bonds is 7. The van der Waals surface area contributed by atoms with Gasteiger partial charge in [-0.05, 0) is 19.2 Å². The Morgan fingerprint density at radius 2 is 1.91 bits per heavy atom. The second-order valence-corrected chi connectivity index (χ2v) is 14.1. The summed E-state index contributed by atoms with van der Waals surface area (Å²) in [7, 11) is 5.00. The van der Waals surface area contributed by atoms with E-state index in [-0.39, 0.29) is 0 Å². The minimum Gasteiger partial charge on any atom is -0.385 e. The van der Waals surface area contributed by atoms with Crippen LogP contribution in [-0.2, 0) is 9.47 Å². The van der Waals surface area contributed by atoms with Gasteiger partial charge in [-0.1, -0.05) is 27.0 Å². The van der Waals surface area contributed by atoms with Gasteiger partial charge >= 0.3 is 0 Å². The van der Waals surface area contributed by atoms with Crippen molar-refractivity contribution in [1.29, 1.82) is 0 Å². The molecule has 1 aliphatic rings. The van der Waals surface area contributed by atoms with Crippen molar-refractivity contribution < 1.29 is 19.7 Å². The van der Waals surface area contributed by atoms with Crippen LogP contribution in [0.3, 0.4) is 0 Å². The van der Waals surface area contributed by atoms with Crippen LogP contribution in [-0.4, -0.2) is 78.2 Å². The summed E-state index contributed by atoms with van der Waals surface area (Å²) in [6, 6.07) is -0.968. The first-order valence-corrected chi connectivity index (χ1v) is 11.9. The fourth-order valence-corrected chi connectivity index (χ4v) is 8.77. The van der Waals surface area contributed by atoms with Crippen molar-refractivity contribution in [3.8, 4) is 0 Å². The van der Waals surface area contributed by atoms with Crippen LogP contribution >= 0.6 is 14.4 Å². The largest absolute Gasteiger partial charge is 0.385 e. The zero-order valence-corrected chi connectivity index (χ0v) is 16.2. The van der Waals surface area contributed by atoms with Crippen molar-refractivity contribution >= 4 is 34.9 Å². The molecule has 2 radical (unpaired) electrons. The molecule has 7 heteroatoms. The first-order valence-electron chi connectivity index (χ1n) is 7.67. The maximum absolute atomic E-state index is 10.2. The highest BCUT2D eigenvalue weighted by molar-refractivity contribution is 7.83. The van der Waals surface area contributed by atoms with Gasteiger partial charge in [0.2, 0.25) is 5.34 Å². The normalized spacial score (nSPS) is 34.0. The van der Waals surface area contributed by atoms with Crippen LogP contribution in [0.1, 0.15) is 34.6 Å². The SMILES string of the molecule is [B]C1OC(OC(C)(C)[P+](=C)CP(=C)(CC)CC)C(O)C1(C)O. The lowest BCUT2D eigenvalue weighted by atomic mass is 9.83. The molecule has 1 aliphatic heterocycles. The summed E-state index contributed by atoms with van der Waals surface area (Å²) in [4.78, 5) is 0. The van der Waals surface area contributed by atoms with Crippen LogP contribution in [0.15, 0.2) is 0 Å². The van der Waals surface area contributed by atoms with E-state index in [1.807, 2.05) is 13.8 Å². The minimum atomic E-state index is -1.51. The second-order valence-electron chi connectivity index (χ2n) is 6.82. The third-order valence-electron chi connectivity index (χ3n) is 4.69. The van der Waals surface area contributed by atoms with E-state index < -0.39 is 43.8 Å². The van der Waals surface area contributed by atoms with Gasteiger partial charge in [0.15, 0.2) is 6.29 Å². The first kappa shape index (κ1) is 20.4. The van der Waals surface area contributed by atoms with Crippen LogP contribution < -0.4 is 0 Å². The topological polar surface area (TPSA) is 58.9 Å². The monoisotopic (exact) mass is 347 g/mol. The van der Waals surface area contributed by atoms with E-state index in [0.717, 1.165) is 18.2 Å². The van der Waals surface area contributed by atoms with E-state index in [9.17, 15) is 10.2 Å². The third kappa shape index (κ3) is 4.26. The van der Waals surface area contributed by atoms with Gasteiger partial charge in [-0.15, -0.1) is 0 Å². The summed E-state index contributed by atoms with van der Waals surface area (Å²) >= 11 is 0. The van der Waals surface area contributed by atoms with E-state index in [2.05, 4.69) is 26.4 Å². The molecule has 5 atom stereocenters. The van der Waals surface area contributed by atoms with Gasteiger partial charge in [-0.2, -0.15) is 0 Å². The number of ether oxygens (including phenoxy) is 2. The maximum Gasteiger partial charge on any atom is 0.221 e. The smallest absolute Gasteiger partial charge is 0.221 e. The lowest BCUT2D eigenvalue weighted by Crippen LogP contribution is -2.46. The fourth-order valence-electron chi connectivity index (χ4n) is 2.21. The van der Waals surface area contributed by atoms with E-state index in [4.69, 9.17) is 17.3 Å². The zero-order valence-electron chi connectivity index (χ0n) is 14.5. The summed E-state index contributed by atoms with van der Waals surface area (Å²) in [5.74, 6) is 0.980. The van der Waals surface area contributed by atoms with Crippen molar-refractivity contribution in [2.75, 3.05) is 18.2 Å². The molecule has 1 fully saturated rings. The predicted molar refractivity (Wildman–Crippen MR) is 100 cm³/mol. The Kier molecular flexibility index (Phi) is 6.58. The molecule has 2 N–H and O–H groups in total. The van der Waals surface area contributed by atoms with Crippen molar-refractivity contribution in [2.45, 2.75) is 64.0 Å². The van der Waals surface area contributed by atoms with E-state index in [1.165, 1.54) is 6.92 Å². The molecule has 0 bridgehead atoms. The molecule has 0 spiro atoms. The molecule has 4 nitrogen and oxygen atoms in total. The average molecular weight is 347 g/mol. The third-order valence-corrected chi connectivity index (χ3v) is 12.8. The molecule has 1 heterocycles. The lowest BCUT2D eigenvalue weighted by Gasteiger charge is -2.28. The summed E-state index contributed by atoms with van der Waals surface area (Å²) in [5.41, 5.74) is -1.51. The van der Waals surface area contributed by atoms with Gasteiger partial charge in [0, 0.05) is 13.8 Å². The molecule has 0 aliphatic carbocycles. The molecule has 0 aromatic carbocycles. The molecule has 1 saturated heterocycles. The van der Waals surface area contributed by atoms with Gasteiger partial charge in [-0.3, -0.25) is 0 Å². The first-order chi connectivity index (χ1) is 9.89. The number of hydrogen-bond donors (Lipinski definition) is 2. The van der Waals surface area contributed by atoms with Gasteiger partial charge in [0.25, 0.3) is 0 Å². The predicted octanol–water partition coefficient (Wildman–Crippen LogP) is 2.06. The fraction of sp³-hybridized carbons (Fsp3) is 0.867. The quantitative estimate of drug-likeness (QED) is 0.547. The van der Waals surface area contributed by atoms with Crippen LogP contribution in [0.2, 0.25) is 0 Å². The summed E-state index contributed by atoms with van der Waals surface area (Å²) in [5, 5.41) is 19.7. The molecular formula is C15H30BO4P2+. The number of aliphatic hydroxyl groups excluding tert-OH is 1. The van der Waals surface area contributed by atoms with Crippen LogP contribution in [0.5, 0.6) is 0 Å². The van der Waals surface area contributed by atoms with Gasteiger partial charge in [-0.25, -0.2) is 0 Å². The van der Waals surface area contributed by atoms with Crippen molar-refractivity contribution in [1.82, 2.24) is 0 Å². The van der Waals surface area contributed by atoms with Crippen molar-refractivity contribution in [3.05, 3.63) is 0 Å². The zero-order chi connectivity index (χ0) is 17.3.